The summed E-state index contributed by atoms with van der Waals surface area (Å²) in [5.74, 6) is -2.98. The van der Waals surface area contributed by atoms with Crippen LogP contribution < -0.4 is 10.9 Å². The van der Waals surface area contributed by atoms with E-state index in [9.17, 15) is 19.6 Å². The van der Waals surface area contributed by atoms with Gasteiger partial charge in [-0.15, -0.1) is 0 Å². The molecular weight excluding hydrogens is 358 g/mol. The number of nitriles is 1. The maximum atomic E-state index is 13.0. The zero-order valence-corrected chi connectivity index (χ0v) is 15.3. The molecule has 3 aromatic rings. The molecular formula is C20H17N5O3. The number of hydrogen-bond acceptors (Lipinski definition) is 6. The fourth-order valence-corrected chi connectivity index (χ4v) is 2.75. The summed E-state index contributed by atoms with van der Waals surface area (Å²) in [4.78, 5) is 42.1. The molecule has 0 aliphatic rings. The van der Waals surface area contributed by atoms with Gasteiger partial charge in [0.1, 0.15) is 11.5 Å². The van der Waals surface area contributed by atoms with E-state index in [1.54, 1.807) is 62.4 Å². The third kappa shape index (κ3) is 3.50. The van der Waals surface area contributed by atoms with Gasteiger partial charge in [-0.25, -0.2) is 9.67 Å². The Kier molecular flexibility index (Phi) is 5.27. The van der Waals surface area contributed by atoms with Gasteiger partial charge in [-0.1, -0.05) is 24.3 Å². The van der Waals surface area contributed by atoms with Gasteiger partial charge < -0.3 is 5.32 Å². The summed E-state index contributed by atoms with van der Waals surface area (Å²) >= 11 is 0. The fraction of sp³-hybridized carbons (Fsp3) is 0.200. The molecule has 3 rings (SSSR count). The monoisotopic (exact) mass is 375 g/mol. The Morgan fingerprint density at radius 1 is 1.11 bits per heavy atom. The molecule has 28 heavy (non-hydrogen) atoms. The van der Waals surface area contributed by atoms with E-state index in [4.69, 9.17) is 0 Å². The maximum absolute atomic E-state index is 13.0. The molecule has 1 amide bonds. The smallest absolute Gasteiger partial charge is 0.274 e. The average molecular weight is 375 g/mol. The van der Waals surface area contributed by atoms with Crippen molar-refractivity contribution < 1.29 is 9.59 Å². The number of fused-ring (bicyclic) bond motifs is 1. The number of rotatable bonds is 5. The van der Waals surface area contributed by atoms with E-state index in [1.807, 2.05) is 0 Å². The SMILES string of the molecule is CC(C)n1nc(C(=O)C(C#N)C(=O)Nc2ccccn2)c2ccccc2c1=O. The number of benzene rings is 1. The molecule has 1 unspecified atom stereocenters. The Hall–Kier alpha value is -3.86. The van der Waals surface area contributed by atoms with E-state index >= 15 is 0 Å². The summed E-state index contributed by atoms with van der Waals surface area (Å²) < 4.78 is 1.18. The molecule has 0 saturated carbocycles. The second-order valence-electron chi connectivity index (χ2n) is 6.37. The van der Waals surface area contributed by atoms with Gasteiger partial charge in [0.15, 0.2) is 5.92 Å². The van der Waals surface area contributed by atoms with Crippen molar-refractivity contribution in [3.05, 3.63) is 64.7 Å². The Morgan fingerprint density at radius 2 is 1.79 bits per heavy atom. The normalized spacial score (nSPS) is 11.8. The van der Waals surface area contributed by atoms with Crippen LogP contribution in [0.4, 0.5) is 5.82 Å². The fourth-order valence-electron chi connectivity index (χ4n) is 2.75. The lowest BCUT2D eigenvalue weighted by Gasteiger charge is -2.14. The molecule has 1 aromatic carbocycles. The standard InChI is InChI=1S/C20H17N5O3/c1-12(2)25-20(28)14-8-4-3-7-13(14)17(24-25)18(26)15(11-21)19(27)23-16-9-5-6-10-22-16/h3-10,12,15H,1-2H3,(H,22,23,27). The van der Waals surface area contributed by atoms with Gasteiger partial charge in [0, 0.05) is 11.6 Å². The minimum absolute atomic E-state index is 0.0911. The molecule has 2 heterocycles. The Labute approximate surface area is 160 Å². The molecule has 1 atom stereocenters. The lowest BCUT2D eigenvalue weighted by Crippen LogP contribution is -2.33. The summed E-state index contributed by atoms with van der Waals surface area (Å²) in [6, 6.07) is 12.8. The largest absolute Gasteiger partial charge is 0.309 e. The first kappa shape index (κ1) is 18.9. The highest BCUT2D eigenvalue weighted by atomic mass is 16.2. The predicted octanol–water partition coefficient (Wildman–Crippen LogP) is 2.33. The van der Waals surface area contributed by atoms with E-state index < -0.39 is 17.6 Å². The summed E-state index contributed by atoms with van der Waals surface area (Å²) in [7, 11) is 0. The molecule has 0 spiro atoms. The first-order valence-corrected chi connectivity index (χ1v) is 8.61. The van der Waals surface area contributed by atoms with Gasteiger partial charge in [-0.2, -0.15) is 10.4 Å². The van der Waals surface area contributed by atoms with Crippen LogP contribution in [0, 0.1) is 17.2 Å². The van der Waals surface area contributed by atoms with E-state index in [0.717, 1.165) is 0 Å². The molecule has 0 aliphatic heterocycles. The van der Waals surface area contributed by atoms with Crippen LogP contribution in [0.25, 0.3) is 10.8 Å². The number of nitrogens with one attached hydrogen (secondary N) is 1. The molecule has 0 aliphatic carbocycles. The van der Waals surface area contributed by atoms with Crippen LogP contribution in [-0.4, -0.2) is 26.5 Å². The highest BCUT2D eigenvalue weighted by Crippen LogP contribution is 2.19. The van der Waals surface area contributed by atoms with Crippen LogP contribution in [0.15, 0.2) is 53.5 Å². The van der Waals surface area contributed by atoms with Gasteiger partial charge >= 0.3 is 0 Å². The van der Waals surface area contributed by atoms with Gasteiger partial charge in [0.25, 0.3) is 11.5 Å². The van der Waals surface area contributed by atoms with Crippen molar-refractivity contribution in [2.24, 2.45) is 5.92 Å². The average Bonchev–Trinajstić information content (AvgIpc) is 2.69. The van der Waals surface area contributed by atoms with Crippen molar-refractivity contribution in [1.82, 2.24) is 14.8 Å². The number of hydrogen-bond donors (Lipinski definition) is 1. The summed E-state index contributed by atoms with van der Waals surface area (Å²) in [5, 5.41) is 16.7. The topological polar surface area (TPSA) is 118 Å². The molecule has 0 bridgehead atoms. The van der Waals surface area contributed by atoms with Crippen molar-refractivity contribution in [3.63, 3.8) is 0 Å². The van der Waals surface area contributed by atoms with Crippen molar-refractivity contribution in [1.29, 1.82) is 5.26 Å². The van der Waals surface area contributed by atoms with E-state index in [0.29, 0.717) is 10.8 Å². The Balaban J connectivity index is 2.06. The minimum Gasteiger partial charge on any atom is -0.309 e. The highest BCUT2D eigenvalue weighted by Gasteiger charge is 2.31. The third-order valence-electron chi connectivity index (χ3n) is 4.12. The number of ketones is 1. The van der Waals surface area contributed by atoms with Crippen molar-refractivity contribution >= 4 is 28.3 Å². The van der Waals surface area contributed by atoms with Gasteiger partial charge in [-0.3, -0.25) is 14.4 Å². The van der Waals surface area contributed by atoms with Crippen LogP contribution in [0.1, 0.15) is 30.4 Å². The van der Waals surface area contributed by atoms with Crippen molar-refractivity contribution in [2.75, 3.05) is 5.32 Å². The Morgan fingerprint density at radius 3 is 2.39 bits per heavy atom. The molecule has 8 nitrogen and oxygen atoms in total. The van der Waals surface area contributed by atoms with Crippen LogP contribution >= 0.6 is 0 Å². The van der Waals surface area contributed by atoms with E-state index in [-0.39, 0.29) is 23.1 Å². The molecule has 2 aromatic heterocycles. The number of carbonyl (C=O) groups is 2. The van der Waals surface area contributed by atoms with Crippen LogP contribution in [0.5, 0.6) is 0 Å². The lowest BCUT2D eigenvalue weighted by atomic mass is 9.98. The number of anilines is 1. The van der Waals surface area contributed by atoms with Crippen LogP contribution in [-0.2, 0) is 4.79 Å². The van der Waals surface area contributed by atoms with E-state index in [1.165, 1.54) is 10.9 Å². The maximum Gasteiger partial charge on any atom is 0.274 e. The van der Waals surface area contributed by atoms with E-state index in [2.05, 4.69) is 15.4 Å². The molecule has 0 fully saturated rings. The van der Waals surface area contributed by atoms with Crippen molar-refractivity contribution in [2.45, 2.75) is 19.9 Å². The summed E-state index contributed by atoms with van der Waals surface area (Å²) in [5.41, 5.74) is -0.430. The number of aromatic nitrogens is 3. The quantitative estimate of drug-likeness (QED) is 0.540. The molecule has 0 radical (unpaired) electrons. The van der Waals surface area contributed by atoms with Gasteiger partial charge in [0.2, 0.25) is 5.78 Å². The molecule has 0 saturated heterocycles. The summed E-state index contributed by atoms with van der Waals surface area (Å²) in [6.07, 6.45) is 1.48. The molecule has 1 N–H and O–H groups in total. The third-order valence-corrected chi connectivity index (χ3v) is 4.12. The van der Waals surface area contributed by atoms with Crippen LogP contribution in [0.2, 0.25) is 0 Å². The zero-order chi connectivity index (χ0) is 20.3. The number of carbonyl (C=O) groups excluding carboxylic acids is 2. The Bertz CT molecular complexity index is 1150. The first-order chi connectivity index (χ1) is 13.4. The number of Topliss-reactive ketones (excluding diaryl/α,β-unsaturated/α-hetero) is 1. The number of nitrogens with zero attached hydrogens (tertiary/aromatic N) is 4. The summed E-state index contributed by atoms with van der Waals surface area (Å²) in [6.45, 7) is 3.51. The second kappa shape index (κ2) is 7.80. The lowest BCUT2D eigenvalue weighted by molar-refractivity contribution is -0.117. The van der Waals surface area contributed by atoms with Crippen LogP contribution in [0.3, 0.4) is 0 Å². The number of amides is 1. The highest BCUT2D eigenvalue weighted by molar-refractivity contribution is 6.18. The van der Waals surface area contributed by atoms with Gasteiger partial charge in [0.05, 0.1) is 17.5 Å². The molecule has 140 valence electrons. The zero-order valence-electron chi connectivity index (χ0n) is 15.3. The van der Waals surface area contributed by atoms with Crippen molar-refractivity contribution in [3.8, 4) is 6.07 Å². The molecule has 8 heteroatoms. The minimum atomic E-state index is -1.63. The number of pyridine rings is 1. The van der Waals surface area contributed by atoms with Gasteiger partial charge in [-0.05, 0) is 32.0 Å². The second-order valence-corrected chi connectivity index (χ2v) is 6.37. The predicted molar refractivity (Wildman–Crippen MR) is 103 cm³/mol. The first-order valence-electron chi connectivity index (χ1n) is 8.61.